The van der Waals surface area contributed by atoms with Crippen molar-refractivity contribution in [3.05, 3.63) is 40.9 Å². The zero-order valence-electron chi connectivity index (χ0n) is 24.3. The van der Waals surface area contributed by atoms with Gasteiger partial charge in [0.25, 0.3) is 0 Å². The summed E-state index contributed by atoms with van der Waals surface area (Å²) in [5.41, 5.74) is 2.71. The molecule has 1 aromatic carbocycles. The van der Waals surface area contributed by atoms with Crippen LogP contribution in [0.25, 0.3) is 10.2 Å². The van der Waals surface area contributed by atoms with Crippen molar-refractivity contribution in [1.29, 1.82) is 0 Å². The number of benzene rings is 1. The van der Waals surface area contributed by atoms with Gasteiger partial charge in [-0.05, 0) is 61.9 Å². The Bertz CT molecular complexity index is 1200. The predicted molar refractivity (Wildman–Crippen MR) is 161 cm³/mol. The lowest BCUT2D eigenvalue weighted by molar-refractivity contribution is -0.129. The summed E-state index contributed by atoms with van der Waals surface area (Å²) in [7, 11) is 0. The van der Waals surface area contributed by atoms with Crippen molar-refractivity contribution < 1.29 is 14.4 Å². The zero-order chi connectivity index (χ0) is 28.6. The van der Waals surface area contributed by atoms with Crippen molar-refractivity contribution in [3.8, 4) is 0 Å². The van der Waals surface area contributed by atoms with E-state index in [2.05, 4.69) is 53.4 Å². The van der Waals surface area contributed by atoms with Crippen LogP contribution in [0.4, 0.5) is 0 Å². The van der Waals surface area contributed by atoms with E-state index in [9.17, 15) is 14.4 Å². The first-order chi connectivity index (χ1) is 19.2. The number of hydrogen-bond acceptors (Lipinski definition) is 6. The van der Waals surface area contributed by atoms with Crippen LogP contribution in [-0.4, -0.2) is 65.9 Å². The lowest BCUT2D eigenvalue weighted by Gasteiger charge is -2.33. The van der Waals surface area contributed by atoms with Crippen LogP contribution in [0.2, 0.25) is 0 Å². The Balaban J connectivity index is 1.45. The molecule has 1 saturated carbocycles. The molecule has 1 aromatic heterocycles. The molecule has 2 unspecified atom stereocenters. The fourth-order valence-corrected chi connectivity index (χ4v) is 6.54. The SMILES string of the molecule is C=C(CN1CCC1)C(=O)NCC(NC(=O)C(Cc1nc2ccc(C(C)C)cc2s1)NC(=O)CC)C1CCCCC1. The number of nitrogens with zero attached hydrogens (tertiary/aromatic N) is 2. The van der Waals surface area contributed by atoms with Crippen LogP contribution >= 0.6 is 11.3 Å². The minimum Gasteiger partial charge on any atom is -0.350 e. The molecular formula is C31H45N5O3S. The van der Waals surface area contributed by atoms with Gasteiger partial charge in [-0.2, -0.15) is 0 Å². The number of nitrogens with one attached hydrogen (secondary N) is 3. The molecule has 2 fully saturated rings. The van der Waals surface area contributed by atoms with Crippen molar-refractivity contribution in [2.75, 3.05) is 26.2 Å². The molecule has 2 aliphatic rings. The summed E-state index contributed by atoms with van der Waals surface area (Å²) in [5.74, 6) is 0.137. The van der Waals surface area contributed by atoms with E-state index in [-0.39, 0.29) is 29.7 Å². The summed E-state index contributed by atoms with van der Waals surface area (Å²) < 4.78 is 1.09. The number of hydrogen-bond donors (Lipinski definition) is 3. The Kier molecular flexibility index (Phi) is 10.7. The van der Waals surface area contributed by atoms with E-state index in [0.717, 1.165) is 60.4 Å². The standard InChI is InChI=1S/C31H45N5O3S/c1-5-28(37)33-25(17-29-34-24-13-12-23(20(2)3)16-27(24)40-29)31(39)35-26(22-10-7-6-8-11-22)18-32-30(38)21(4)19-36-14-9-15-36/h12-13,16,20,22,25-26H,4-11,14-15,17-19H2,1-3H3,(H,32,38)(H,33,37)(H,35,39). The highest BCUT2D eigenvalue weighted by atomic mass is 32.1. The van der Waals surface area contributed by atoms with Gasteiger partial charge in [0.05, 0.1) is 15.2 Å². The molecule has 40 heavy (non-hydrogen) atoms. The third-order valence-electron chi connectivity index (χ3n) is 8.19. The number of aromatic nitrogens is 1. The lowest BCUT2D eigenvalue weighted by atomic mass is 9.83. The largest absolute Gasteiger partial charge is 0.350 e. The van der Waals surface area contributed by atoms with E-state index >= 15 is 0 Å². The summed E-state index contributed by atoms with van der Waals surface area (Å²) in [6.07, 6.45) is 7.24. The Morgan fingerprint density at radius 2 is 1.85 bits per heavy atom. The van der Waals surface area contributed by atoms with Crippen LogP contribution < -0.4 is 16.0 Å². The monoisotopic (exact) mass is 567 g/mol. The summed E-state index contributed by atoms with van der Waals surface area (Å²) in [6.45, 7) is 13.0. The number of carbonyl (C=O) groups is 3. The Hall–Kier alpha value is -2.78. The number of rotatable bonds is 13. The second-order valence-corrected chi connectivity index (χ2v) is 12.7. The molecule has 0 spiro atoms. The normalized spacial score (nSPS) is 17.7. The van der Waals surface area contributed by atoms with Crippen molar-refractivity contribution >= 4 is 39.3 Å². The van der Waals surface area contributed by atoms with E-state index in [1.165, 1.54) is 12.0 Å². The van der Waals surface area contributed by atoms with Gasteiger partial charge in [0.15, 0.2) is 0 Å². The molecule has 8 nitrogen and oxygen atoms in total. The fourth-order valence-electron chi connectivity index (χ4n) is 5.48. The molecule has 2 heterocycles. The Labute approximate surface area is 242 Å². The van der Waals surface area contributed by atoms with Crippen LogP contribution in [0.3, 0.4) is 0 Å². The number of likely N-dealkylation sites (tertiary alicyclic amines) is 1. The molecular weight excluding hydrogens is 522 g/mol. The van der Waals surface area contributed by atoms with Crippen molar-refractivity contribution in [1.82, 2.24) is 25.8 Å². The van der Waals surface area contributed by atoms with Gasteiger partial charge in [-0.1, -0.05) is 52.7 Å². The van der Waals surface area contributed by atoms with Gasteiger partial charge in [0.2, 0.25) is 17.7 Å². The molecule has 0 radical (unpaired) electrons. The molecule has 3 amide bonds. The molecule has 1 saturated heterocycles. The second kappa shape index (κ2) is 14.2. The molecule has 3 N–H and O–H groups in total. The van der Waals surface area contributed by atoms with E-state index < -0.39 is 6.04 Å². The average molecular weight is 568 g/mol. The topological polar surface area (TPSA) is 103 Å². The highest BCUT2D eigenvalue weighted by molar-refractivity contribution is 7.18. The molecule has 1 aliphatic heterocycles. The Morgan fingerprint density at radius 1 is 1.10 bits per heavy atom. The van der Waals surface area contributed by atoms with Gasteiger partial charge in [-0.15, -0.1) is 11.3 Å². The number of amides is 3. The van der Waals surface area contributed by atoms with Crippen molar-refractivity contribution in [3.63, 3.8) is 0 Å². The van der Waals surface area contributed by atoms with Crippen LogP contribution in [0.15, 0.2) is 30.4 Å². The number of thiazole rings is 1. The van der Waals surface area contributed by atoms with Crippen LogP contribution in [0.5, 0.6) is 0 Å². The van der Waals surface area contributed by atoms with Gasteiger partial charge in [-0.25, -0.2) is 4.98 Å². The van der Waals surface area contributed by atoms with Crippen molar-refractivity contribution in [2.24, 2.45) is 5.92 Å². The smallest absolute Gasteiger partial charge is 0.247 e. The van der Waals surface area contributed by atoms with Crippen LogP contribution in [-0.2, 0) is 20.8 Å². The molecule has 0 bridgehead atoms. The highest BCUT2D eigenvalue weighted by Gasteiger charge is 2.30. The van der Waals surface area contributed by atoms with Gasteiger partial charge >= 0.3 is 0 Å². The van der Waals surface area contributed by atoms with Crippen LogP contribution in [0.1, 0.15) is 82.2 Å². The first-order valence-corrected chi connectivity index (χ1v) is 15.7. The fraction of sp³-hybridized carbons (Fsp3) is 0.613. The summed E-state index contributed by atoms with van der Waals surface area (Å²) >= 11 is 1.57. The maximum Gasteiger partial charge on any atom is 0.247 e. The van der Waals surface area contributed by atoms with Crippen LogP contribution in [0, 0.1) is 5.92 Å². The number of carbonyl (C=O) groups excluding carboxylic acids is 3. The average Bonchev–Trinajstić information content (AvgIpc) is 3.34. The summed E-state index contributed by atoms with van der Waals surface area (Å²) in [5, 5.41) is 9.99. The van der Waals surface area contributed by atoms with Gasteiger partial charge in [0, 0.05) is 37.5 Å². The quantitative estimate of drug-likeness (QED) is 0.313. The molecule has 4 rings (SSSR count). The first kappa shape index (κ1) is 30.2. The molecule has 218 valence electrons. The van der Waals surface area contributed by atoms with E-state index in [0.29, 0.717) is 37.4 Å². The van der Waals surface area contributed by atoms with Gasteiger partial charge in [0.1, 0.15) is 6.04 Å². The zero-order valence-corrected chi connectivity index (χ0v) is 25.1. The first-order valence-electron chi connectivity index (χ1n) is 14.9. The van der Waals surface area contributed by atoms with E-state index in [1.54, 1.807) is 18.3 Å². The third-order valence-corrected chi connectivity index (χ3v) is 9.23. The van der Waals surface area contributed by atoms with Gasteiger partial charge in [-0.3, -0.25) is 19.3 Å². The third kappa shape index (κ3) is 8.13. The Morgan fingerprint density at radius 3 is 2.50 bits per heavy atom. The van der Waals surface area contributed by atoms with E-state index in [1.807, 2.05) is 6.07 Å². The predicted octanol–water partition coefficient (Wildman–Crippen LogP) is 4.30. The van der Waals surface area contributed by atoms with E-state index in [4.69, 9.17) is 4.98 Å². The van der Waals surface area contributed by atoms with Crippen molar-refractivity contribution in [2.45, 2.75) is 90.1 Å². The van der Waals surface area contributed by atoms with Gasteiger partial charge < -0.3 is 16.0 Å². The number of fused-ring (bicyclic) bond motifs is 1. The summed E-state index contributed by atoms with van der Waals surface area (Å²) in [4.78, 5) is 45.9. The highest BCUT2D eigenvalue weighted by Crippen LogP contribution is 2.28. The molecule has 2 atom stereocenters. The molecule has 1 aliphatic carbocycles. The maximum absolute atomic E-state index is 13.7. The maximum atomic E-state index is 13.7. The summed E-state index contributed by atoms with van der Waals surface area (Å²) in [6, 6.07) is 5.35. The second-order valence-electron chi connectivity index (χ2n) is 11.6. The minimum atomic E-state index is -0.735. The minimum absolute atomic E-state index is 0.159. The lowest BCUT2D eigenvalue weighted by Crippen LogP contribution is -2.55. The molecule has 9 heteroatoms. The molecule has 2 aromatic rings.